The van der Waals surface area contributed by atoms with Gasteiger partial charge in [-0.25, -0.2) is 0 Å². The van der Waals surface area contributed by atoms with Gasteiger partial charge in [0.05, 0.1) is 13.2 Å². The predicted molar refractivity (Wildman–Crippen MR) is 69.1 cm³/mol. The van der Waals surface area contributed by atoms with E-state index in [1.54, 1.807) is 7.11 Å². The lowest BCUT2D eigenvalue weighted by atomic mass is 10.2. The molecule has 0 aliphatic carbocycles. The largest absolute Gasteiger partial charge is 0.383 e. The third-order valence-electron chi connectivity index (χ3n) is 2.45. The summed E-state index contributed by atoms with van der Waals surface area (Å²) in [7, 11) is 1.64. The number of carbonyl (C=O) groups is 1. The van der Waals surface area contributed by atoms with Gasteiger partial charge >= 0.3 is 0 Å². The van der Waals surface area contributed by atoms with Crippen LogP contribution >= 0.6 is 0 Å². The van der Waals surface area contributed by atoms with E-state index < -0.39 is 0 Å². The number of benzene rings is 1. The van der Waals surface area contributed by atoms with Crippen molar-refractivity contribution in [3.63, 3.8) is 0 Å². The zero-order valence-corrected chi connectivity index (χ0v) is 10.6. The van der Waals surface area contributed by atoms with Crippen LogP contribution in [0.15, 0.2) is 24.3 Å². The minimum Gasteiger partial charge on any atom is -0.383 e. The Bertz CT molecular complexity index is 366. The van der Waals surface area contributed by atoms with E-state index >= 15 is 0 Å². The number of hydrogen-bond acceptors (Lipinski definition) is 3. The van der Waals surface area contributed by atoms with Crippen molar-refractivity contribution in [2.75, 3.05) is 25.6 Å². The van der Waals surface area contributed by atoms with Crippen LogP contribution in [0.4, 0.5) is 5.69 Å². The number of rotatable bonds is 6. The molecule has 0 aliphatic rings. The minimum atomic E-state index is -0.0396. The zero-order valence-electron chi connectivity index (χ0n) is 10.6. The first-order chi connectivity index (χ1) is 8.13. The molecule has 0 saturated carbocycles. The van der Waals surface area contributed by atoms with Gasteiger partial charge in [-0.3, -0.25) is 4.79 Å². The molecule has 0 aliphatic heterocycles. The summed E-state index contributed by atoms with van der Waals surface area (Å²) in [5.74, 6) is -0.0396. The van der Waals surface area contributed by atoms with Crippen LogP contribution in [0, 0.1) is 6.92 Å². The van der Waals surface area contributed by atoms with E-state index in [4.69, 9.17) is 4.74 Å². The molecule has 1 atom stereocenters. The van der Waals surface area contributed by atoms with Gasteiger partial charge in [0.2, 0.25) is 5.91 Å². The molecule has 94 valence electrons. The average Bonchev–Trinajstić information content (AvgIpc) is 2.30. The predicted octanol–water partition coefficient (Wildman–Crippen LogP) is 1.56. The molecular formula is C13H20N2O2. The van der Waals surface area contributed by atoms with Crippen LogP contribution in [-0.4, -0.2) is 32.2 Å². The topological polar surface area (TPSA) is 50.4 Å². The number of carbonyl (C=O) groups excluding carboxylic acids is 1. The van der Waals surface area contributed by atoms with Crippen LogP contribution in [0.2, 0.25) is 0 Å². The Morgan fingerprint density at radius 2 is 2.12 bits per heavy atom. The summed E-state index contributed by atoms with van der Waals surface area (Å²) in [6, 6.07) is 7.89. The number of nitrogens with one attached hydrogen (secondary N) is 2. The lowest BCUT2D eigenvalue weighted by molar-refractivity contribution is -0.115. The van der Waals surface area contributed by atoms with Crippen molar-refractivity contribution in [3.05, 3.63) is 29.8 Å². The molecule has 0 fully saturated rings. The van der Waals surface area contributed by atoms with Crippen LogP contribution in [0.25, 0.3) is 0 Å². The number of methoxy groups -OCH3 is 1. The van der Waals surface area contributed by atoms with Gasteiger partial charge in [0, 0.05) is 18.8 Å². The molecule has 1 aromatic carbocycles. The fraction of sp³-hybridized carbons (Fsp3) is 0.462. The van der Waals surface area contributed by atoms with Gasteiger partial charge in [-0.15, -0.1) is 0 Å². The van der Waals surface area contributed by atoms with Crippen molar-refractivity contribution < 1.29 is 9.53 Å². The fourth-order valence-corrected chi connectivity index (χ4v) is 1.48. The molecule has 0 bridgehead atoms. The third-order valence-corrected chi connectivity index (χ3v) is 2.45. The molecule has 0 radical (unpaired) electrons. The van der Waals surface area contributed by atoms with E-state index in [-0.39, 0.29) is 11.9 Å². The molecule has 17 heavy (non-hydrogen) atoms. The standard InChI is InChI=1S/C13H20N2O2/c1-10-6-4-5-7-12(10)15-13(16)8-14-11(2)9-17-3/h4-7,11,14H,8-9H2,1-3H3,(H,15,16). The molecule has 1 amide bonds. The monoisotopic (exact) mass is 236 g/mol. The Hall–Kier alpha value is -1.39. The molecule has 1 rings (SSSR count). The quantitative estimate of drug-likeness (QED) is 0.788. The van der Waals surface area contributed by atoms with Gasteiger partial charge in [0.1, 0.15) is 0 Å². The van der Waals surface area contributed by atoms with Gasteiger partial charge in [-0.2, -0.15) is 0 Å². The Morgan fingerprint density at radius 1 is 1.41 bits per heavy atom. The fourth-order valence-electron chi connectivity index (χ4n) is 1.48. The molecule has 0 saturated heterocycles. The lowest BCUT2D eigenvalue weighted by Crippen LogP contribution is -2.36. The Labute approximate surface area is 102 Å². The van der Waals surface area contributed by atoms with E-state index in [9.17, 15) is 4.79 Å². The molecule has 1 unspecified atom stereocenters. The van der Waals surface area contributed by atoms with Crippen LogP contribution in [0.1, 0.15) is 12.5 Å². The summed E-state index contributed by atoms with van der Waals surface area (Å²) in [6.45, 7) is 4.83. The Balaban J connectivity index is 2.37. The van der Waals surface area contributed by atoms with Crippen molar-refractivity contribution in [1.82, 2.24) is 5.32 Å². The smallest absolute Gasteiger partial charge is 0.238 e. The number of para-hydroxylation sites is 1. The maximum Gasteiger partial charge on any atom is 0.238 e. The lowest BCUT2D eigenvalue weighted by Gasteiger charge is -2.13. The first kappa shape index (κ1) is 13.7. The molecular weight excluding hydrogens is 216 g/mol. The summed E-state index contributed by atoms with van der Waals surface area (Å²) in [4.78, 5) is 11.7. The second-order valence-electron chi connectivity index (χ2n) is 4.10. The van der Waals surface area contributed by atoms with Crippen LogP contribution in [-0.2, 0) is 9.53 Å². The van der Waals surface area contributed by atoms with Crippen molar-refractivity contribution in [1.29, 1.82) is 0 Å². The van der Waals surface area contributed by atoms with Crippen molar-refractivity contribution in [3.8, 4) is 0 Å². The number of amides is 1. The Kier molecular flexibility index (Phi) is 5.66. The summed E-state index contributed by atoms with van der Waals surface area (Å²) in [5.41, 5.74) is 1.92. The zero-order chi connectivity index (χ0) is 12.7. The maximum atomic E-state index is 11.7. The van der Waals surface area contributed by atoms with Crippen LogP contribution < -0.4 is 10.6 Å². The van der Waals surface area contributed by atoms with Crippen molar-refractivity contribution in [2.45, 2.75) is 19.9 Å². The maximum absolute atomic E-state index is 11.7. The number of aryl methyl sites for hydroxylation is 1. The summed E-state index contributed by atoms with van der Waals surface area (Å²) >= 11 is 0. The first-order valence-electron chi connectivity index (χ1n) is 5.71. The summed E-state index contributed by atoms with van der Waals surface area (Å²) in [5, 5.41) is 5.95. The molecule has 0 spiro atoms. The first-order valence-corrected chi connectivity index (χ1v) is 5.71. The highest BCUT2D eigenvalue weighted by Crippen LogP contribution is 2.12. The van der Waals surface area contributed by atoms with Crippen molar-refractivity contribution >= 4 is 11.6 Å². The van der Waals surface area contributed by atoms with Gasteiger partial charge in [-0.05, 0) is 25.5 Å². The van der Waals surface area contributed by atoms with Gasteiger partial charge in [0.25, 0.3) is 0 Å². The second kappa shape index (κ2) is 7.04. The molecule has 0 heterocycles. The highest BCUT2D eigenvalue weighted by molar-refractivity contribution is 5.92. The van der Waals surface area contributed by atoms with Gasteiger partial charge < -0.3 is 15.4 Å². The number of ether oxygens (including phenoxy) is 1. The van der Waals surface area contributed by atoms with E-state index in [1.165, 1.54) is 0 Å². The van der Waals surface area contributed by atoms with Gasteiger partial charge in [0.15, 0.2) is 0 Å². The molecule has 4 heteroatoms. The van der Waals surface area contributed by atoms with Crippen molar-refractivity contribution in [2.24, 2.45) is 0 Å². The number of anilines is 1. The minimum absolute atomic E-state index is 0.0396. The molecule has 1 aromatic rings. The highest BCUT2D eigenvalue weighted by atomic mass is 16.5. The number of hydrogen-bond donors (Lipinski definition) is 2. The normalized spacial score (nSPS) is 12.2. The highest BCUT2D eigenvalue weighted by Gasteiger charge is 2.06. The van der Waals surface area contributed by atoms with Gasteiger partial charge in [-0.1, -0.05) is 18.2 Å². The van der Waals surface area contributed by atoms with E-state index in [2.05, 4.69) is 10.6 Å². The molecule has 4 nitrogen and oxygen atoms in total. The average molecular weight is 236 g/mol. The van der Waals surface area contributed by atoms with E-state index in [0.29, 0.717) is 13.2 Å². The SMILES string of the molecule is COCC(C)NCC(=O)Nc1ccccc1C. The molecule has 2 N–H and O–H groups in total. The van der Waals surface area contributed by atoms with E-state index in [1.807, 2.05) is 38.1 Å². The van der Waals surface area contributed by atoms with E-state index in [0.717, 1.165) is 11.3 Å². The van der Waals surface area contributed by atoms with Crippen LogP contribution in [0.3, 0.4) is 0 Å². The summed E-state index contributed by atoms with van der Waals surface area (Å²) in [6.07, 6.45) is 0. The second-order valence-corrected chi connectivity index (χ2v) is 4.10. The summed E-state index contributed by atoms with van der Waals surface area (Å²) < 4.78 is 4.98. The Morgan fingerprint density at radius 3 is 2.76 bits per heavy atom. The third kappa shape index (κ3) is 4.97. The molecule has 0 aromatic heterocycles. The van der Waals surface area contributed by atoms with Crippen LogP contribution in [0.5, 0.6) is 0 Å².